The average Bonchev–Trinajstić information content (AvgIpc) is 3.95. The van der Waals surface area contributed by atoms with Gasteiger partial charge in [-0.05, 0) is 67.1 Å². The molecule has 13 heteroatoms. The van der Waals surface area contributed by atoms with Crippen LogP contribution in [0.5, 0.6) is 0 Å². The lowest BCUT2D eigenvalue weighted by Crippen LogP contribution is -2.24. The molecule has 54 heavy (non-hydrogen) atoms. The van der Waals surface area contributed by atoms with Crippen LogP contribution in [0.1, 0.15) is 57.7 Å². The second-order valence-corrected chi connectivity index (χ2v) is 16.0. The summed E-state index contributed by atoms with van der Waals surface area (Å²) in [7, 11) is 0. The molecular weight excluding hydrogens is 675 g/mol. The number of aryl methyl sites for hydroxylation is 2. The first kappa shape index (κ1) is 34.5. The fourth-order valence-corrected chi connectivity index (χ4v) is 6.94. The van der Waals surface area contributed by atoms with Crippen LogP contribution in [0.3, 0.4) is 0 Å². The summed E-state index contributed by atoms with van der Waals surface area (Å²) < 4.78 is 7.93. The van der Waals surface area contributed by atoms with Crippen molar-refractivity contribution in [2.75, 3.05) is 0 Å². The molecule has 0 aromatic carbocycles. The minimum absolute atomic E-state index is 0.118. The molecule has 0 N–H and O–H groups in total. The highest BCUT2D eigenvalue weighted by Crippen LogP contribution is 2.34. The Balaban J connectivity index is 1.03. The van der Waals surface area contributed by atoms with E-state index in [0.29, 0.717) is 30.0 Å². The third kappa shape index (κ3) is 6.86. The summed E-state index contributed by atoms with van der Waals surface area (Å²) in [4.78, 5) is 9.66. The maximum Gasteiger partial charge on any atom is 0.161 e. The van der Waals surface area contributed by atoms with Gasteiger partial charge >= 0.3 is 0 Å². The molecule has 13 nitrogen and oxygen atoms in total. The van der Waals surface area contributed by atoms with Gasteiger partial charge in [0.2, 0.25) is 0 Å². The molecule has 0 fully saturated rings. The van der Waals surface area contributed by atoms with Gasteiger partial charge in [0.15, 0.2) is 11.3 Å². The molecule has 0 unspecified atom stereocenters. The predicted molar refractivity (Wildman–Crippen MR) is 206 cm³/mol. The smallest absolute Gasteiger partial charge is 0.161 e. The van der Waals surface area contributed by atoms with Crippen LogP contribution < -0.4 is 0 Å². The third-order valence-corrected chi connectivity index (χ3v) is 9.40. The molecule has 0 atom stereocenters. The van der Waals surface area contributed by atoms with Crippen molar-refractivity contribution in [3.05, 3.63) is 109 Å². The van der Waals surface area contributed by atoms with E-state index in [1.54, 1.807) is 6.07 Å². The molecule has 0 saturated carbocycles. The molecule has 270 valence electrons. The average molecular weight is 716 g/mol. The van der Waals surface area contributed by atoms with Crippen molar-refractivity contribution in [2.45, 2.75) is 68.0 Å². The van der Waals surface area contributed by atoms with Gasteiger partial charge < -0.3 is 0 Å². The van der Waals surface area contributed by atoms with E-state index in [9.17, 15) is 5.26 Å². The molecule has 0 aliphatic heterocycles. The Morgan fingerprint density at radius 2 is 1.24 bits per heavy atom. The van der Waals surface area contributed by atoms with Crippen LogP contribution in [-0.4, -0.2) is 58.7 Å². The fourth-order valence-electron chi connectivity index (χ4n) is 6.94. The monoisotopic (exact) mass is 715 g/mol. The first-order valence-corrected chi connectivity index (χ1v) is 17.9. The van der Waals surface area contributed by atoms with Crippen molar-refractivity contribution in [3.8, 4) is 50.8 Å². The highest BCUT2D eigenvalue weighted by molar-refractivity contribution is 5.82. The number of nitriles is 1. The molecule has 0 amide bonds. The summed E-state index contributed by atoms with van der Waals surface area (Å²) >= 11 is 0. The Bertz CT molecular complexity index is 2710. The molecular formula is C41H41N13. The van der Waals surface area contributed by atoms with Gasteiger partial charge in [0.25, 0.3) is 0 Å². The highest BCUT2D eigenvalue weighted by atomic mass is 15.3. The normalized spacial score (nSPS) is 12.2. The lowest BCUT2D eigenvalue weighted by atomic mass is 9.89. The Labute approximate surface area is 313 Å². The number of hydrogen-bond acceptors (Lipinski definition) is 9. The van der Waals surface area contributed by atoms with E-state index in [1.165, 1.54) is 0 Å². The van der Waals surface area contributed by atoms with Gasteiger partial charge in [-0.2, -0.15) is 15.5 Å². The van der Waals surface area contributed by atoms with Crippen LogP contribution in [0.25, 0.3) is 56.1 Å². The zero-order valence-electron chi connectivity index (χ0n) is 31.5. The molecule has 8 aromatic rings. The summed E-state index contributed by atoms with van der Waals surface area (Å²) in [5, 5.41) is 36.7. The topological polar surface area (TPSA) is 146 Å². The van der Waals surface area contributed by atoms with Gasteiger partial charge in [-0.15, -0.1) is 20.4 Å². The number of fused-ring (bicyclic) bond motifs is 2. The second kappa shape index (κ2) is 13.1. The molecule has 8 rings (SSSR count). The van der Waals surface area contributed by atoms with E-state index in [1.807, 2.05) is 82.9 Å². The third-order valence-electron chi connectivity index (χ3n) is 9.40. The van der Waals surface area contributed by atoms with Crippen molar-refractivity contribution >= 4 is 11.3 Å². The van der Waals surface area contributed by atoms with E-state index in [4.69, 9.17) is 15.1 Å². The summed E-state index contributed by atoms with van der Waals surface area (Å²) in [6.07, 6.45) is 12.5. The van der Waals surface area contributed by atoms with Crippen LogP contribution in [0.15, 0.2) is 85.7 Å². The first-order valence-electron chi connectivity index (χ1n) is 17.9. The Kier molecular flexibility index (Phi) is 8.40. The van der Waals surface area contributed by atoms with Crippen LogP contribution >= 0.6 is 0 Å². The van der Waals surface area contributed by atoms with E-state index >= 15 is 0 Å². The number of aromatic nitrogens is 12. The van der Waals surface area contributed by atoms with Crippen LogP contribution in [0, 0.1) is 36.0 Å². The molecule has 0 bridgehead atoms. The van der Waals surface area contributed by atoms with Crippen molar-refractivity contribution in [3.63, 3.8) is 0 Å². The van der Waals surface area contributed by atoms with Crippen molar-refractivity contribution in [1.29, 1.82) is 5.26 Å². The maximum atomic E-state index is 9.64. The van der Waals surface area contributed by atoms with Crippen LogP contribution in [0.4, 0.5) is 0 Å². The minimum Gasteiger partial charge on any atom is -0.287 e. The van der Waals surface area contributed by atoms with Gasteiger partial charge in [0.05, 0.1) is 23.8 Å². The predicted octanol–water partition coefficient (Wildman–Crippen LogP) is 7.43. The zero-order valence-corrected chi connectivity index (χ0v) is 31.5. The van der Waals surface area contributed by atoms with Crippen molar-refractivity contribution in [2.24, 2.45) is 10.8 Å². The molecule has 8 heterocycles. The van der Waals surface area contributed by atoms with Crippen molar-refractivity contribution in [1.82, 2.24) is 58.7 Å². The minimum atomic E-state index is -0.217. The quantitative estimate of drug-likeness (QED) is 0.149. The largest absolute Gasteiger partial charge is 0.287 e. The summed E-state index contributed by atoms with van der Waals surface area (Å²) in [6, 6.07) is 18.0. The van der Waals surface area contributed by atoms with Gasteiger partial charge in [-0.3, -0.25) is 23.1 Å². The molecule has 0 aliphatic carbocycles. The van der Waals surface area contributed by atoms with Gasteiger partial charge in [0.1, 0.15) is 23.4 Å². The lowest BCUT2D eigenvalue weighted by Gasteiger charge is -2.23. The standard InChI is InChI=1S/C41H41N13/c1-26-8-10-33(30-20-43-51(22-30)24-40(3,4)5)38(45-26)28-13-15-54-36(17-28)49-50-37(54)18-41(6,7)25-52-23-31(21-44-52)34-11-9-32(19-42)46-39(34)29-12-14-53-27(2)47-48-35(53)16-29/h8-17,20-23H,18,24-25H2,1-7H3. The second-order valence-electron chi connectivity index (χ2n) is 16.0. The van der Waals surface area contributed by atoms with E-state index in [-0.39, 0.29) is 10.8 Å². The van der Waals surface area contributed by atoms with Crippen molar-refractivity contribution < 1.29 is 0 Å². The van der Waals surface area contributed by atoms with Gasteiger partial charge in [-0.25, -0.2) is 4.98 Å². The lowest BCUT2D eigenvalue weighted by molar-refractivity contribution is 0.282. The summed E-state index contributed by atoms with van der Waals surface area (Å²) in [6.45, 7) is 16.4. The summed E-state index contributed by atoms with van der Waals surface area (Å²) in [5.41, 5.74) is 9.90. The van der Waals surface area contributed by atoms with E-state index < -0.39 is 0 Å². The molecule has 8 aromatic heterocycles. The molecule has 0 radical (unpaired) electrons. The molecule has 0 aliphatic rings. The van der Waals surface area contributed by atoms with E-state index in [2.05, 4.69) is 95.0 Å². The number of hydrogen-bond donors (Lipinski definition) is 0. The molecule has 0 saturated heterocycles. The Morgan fingerprint density at radius 3 is 1.91 bits per heavy atom. The first-order chi connectivity index (χ1) is 25.8. The van der Waals surface area contributed by atoms with Crippen LogP contribution in [0.2, 0.25) is 0 Å². The fraction of sp³-hybridized carbons (Fsp3) is 0.293. The zero-order chi connectivity index (χ0) is 37.8. The van der Waals surface area contributed by atoms with Gasteiger partial charge in [0, 0.05) is 83.4 Å². The maximum absolute atomic E-state index is 9.64. The highest BCUT2D eigenvalue weighted by Gasteiger charge is 2.24. The van der Waals surface area contributed by atoms with Crippen LogP contribution in [-0.2, 0) is 19.5 Å². The Morgan fingerprint density at radius 1 is 0.648 bits per heavy atom. The van der Waals surface area contributed by atoms with Gasteiger partial charge in [-0.1, -0.05) is 40.7 Å². The molecule has 0 spiro atoms. The Hall–Kier alpha value is -6.55. The number of pyridine rings is 4. The SMILES string of the molecule is Cc1ccc(-c2cnn(CC(C)(C)C)c2)c(-c2ccn3c(CC(C)(C)Cn4cc(-c5ccc(C#N)nc5-c5ccn6c(C)nnc6c5)cn4)nnc3c2)n1. The number of rotatable bonds is 9. The summed E-state index contributed by atoms with van der Waals surface area (Å²) in [5.74, 6) is 1.67. The van der Waals surface area contributed by atoms with E-state index in [0.717, 1.165) is 68.6 Å². The number of nitrogens with zero attached hydrogens (tertiary/aromatic N) is 13.